The molecule has 2 aromatic rings. The largest absolute Gasteiger partial charge is 0.487 e. The normalized spacial score (nSPS) is 10.3. The molecule has 7 nitrogen and oxygen atoms in total. The van der Waals surface area contributed by atoms with Crippen molar-refractivity contribution in [2.45, 2.75) is 19.9 Å². The Morgan fingerprint density at radius 3 is 3.00 bits per heavy atom. The third kappa shape index (κ3) is 4.20. The van der Waals surface area contributed by atoms with Crippen LogP contribution in [0.4, 0.5) is 11.4 Å². The van der Waals surface area contributed by atoms with Crippen molar-refractivity contribution in [1.82, 2.24) is 9.55 Å². The number of benzene rings is 1. The van der Waals surface area contributed by atoms with Crippen molar-refractivity contribution in [3.63, 3.8) is 0 Å². The molecule has 0 unspecified atom stereocenters. The van der Waals surface area contributed by atoms with Gasteiger partial charge in [-0.1, -0.05) is 0 Å². The predicted molar refractivity (Wildman–Crippen MR) is 79.6 cm³/mol. The van der Waals surface area contributed by atoms with E-state index in [1.165, 1.54) is 6.07 Å². The molecule has 0 aliphatic carbocycles. The van der Waals surface area contributed by atoms with E-state index in [4.69, 9.17) is 4.74 Å². The summed E-state index contributed by atoms with van der Waals surface area (Å²) >= 11 is 0. The Balaban J connectivity index is 1.90. The number of aryl methyl sites for hydroxylation is 1. The number of nitrogens with one attached hydrogen (secondary N) is 1. The summed E-state index contributed by atoms with van der Waals surface area (Å²) in [7, 11) is 0. The zero-order valence-corrected chi connectivity index (χ0v) is 11.9. The third-order valence-corrected chi connectivity index (χ3v) is 2.94. The molecule has 2 rings (SSSR count). The van der Waals surface area contributed by atoms with Crippen LogP contribution in [0, 0.1) is 10.1 Å². The van der Waals surface area contributed by atoms with Crippen molar-refractivity contribution >= 4 is 11.4 Å². The van der Waals surface area contributed by atoms with Crippen molar-refractivity contribution in [2.75, 3.05) is 18.5 Å². The molecule has 0 fully saturated rings. The predicted octanol–water partition coefficient (Wildman–Crippen LogP) is 2.69. The molecule has 0 bridgehead atoms. The number of anilines is 1. The number of imidazole rings is 1. The number of hydrogen-bond acceptors (Lipinski definition) is 5. The Hall–Kier alpha value is -2.57. The Morgan fingerprint density at radius 2 is 2.33 bits per heavy atom. The highest BCUT2D eigenvalue weighted by molar-refractivity contribution is 5.57. The number of nitro groups is 1. The third-order valence-electron chi connectivity index (χ3n) is 2.94. The van der Waals surface area contributed by atoms with Crippen LogP contribution < -0.4 is 10.1 Å². The van der Waals surface area contributed by atoms with Crippen molar-refractivity contribution in [3.05, 3.63) is 47.0 Å². The molecule has 0 spiro atoms. The Labute approximate surface area is 122 Å². The van der Waals surface area contributed by atoms with Crippen LogP contribution in [0.2, 0.25) is 0 Å². The van der Waals surface area contributed by atoms with E-state index in [1.807, 2.05) is 10.8 Å². The van der Waals surface area contributed by atoms with Gasteiger partial charge in [-0.3, -0.25) is 10.1 Å². The lowest BCUT2D eigenvalue weighted by Crippen LogP contribution is -2.06. The van der Waals surface area contributed by atoms with Gasteiger partial charge < -0.3 is 14.6 Å². The molecule has 1 aromatic carbocycles. The van der Waals surface area contributed by atoms with Gasteiger partial charge in [0.15, 0.2) is 5.75 Å². The summed E-state index contributed by atoms with van der Waals surface area (Å²) in [6.45, 7) is 3.83. The van der Waals surface area contributed by atoms with Crippen LogP contribution in [0.5, 0.6) is 5.75 Å². The van der Waals surface area contributed by atoms with Gasteiger partial charge in [-0.25, -0.2) is 4.98 Å². The minimum Gasteiger partial charge on any atom is -0.487 e. The highest BCUT2D eigenvalue weighted by atomic mass is 16.6. The van der Waals surface area contributed by atoms with Crippen LogP contribution in [0.1, 0.15) is 13.3 Å². The van der Waals surface area contributed by atoms with Crippen LogP contribution in [-0.4, -0.2) is 27.6 Å². The zero-order valence-electron chi connectivity index (χ0n) is 11.9. The molecule has 0 saturated carbocycles. The molecule has 1 aromatic heterocycles. The van der Waals surface area contributed by atoms with E-state index in [9.17, 15) is 10.1 Å². The minimum absolute atomic E-state index is 0.0131. The fraction of sp³-hybridized carbons (Fsp3) is 0.357. The average molecular weight is 290 g/mol. The lowest BCUT2D eigenvalue weighted by atomic mass is 10.2. The monoisotopic (exact) mass is 290 g/mol. The molecule has 112 valence electrons. The van der Waals surface area contributed by atoms with Crippen molar-refractivity contribution in [3.8, 4) is 5.75 Å². The summed E-state index contributed by atoms with van der Waals surface area (Å²) in [5.41, 5.74) is 0.801. The van der Waals surface area contributed by atoms with Gasteiger partial charge in [0.05, 0.1) is 17.9 Å². The topological polar surface area (TPSA) is 82.2 Å². The molecule has 1 N–H and O–H groups in total. The standard InChI is InChI=1S/C14H18N4O3/c1-2-21-14-10-12(4-5-13(14)18(19)20)16-6-3-8-17-9-7-15-11-17/h4-5,7,9-11,16H,2-3,6,8H2,1H3. The van der Waals surface area contributed by atoms with Crippen LogP contribution in [0.3, 0.4) is 0 Å². The van der Waals surface area contributed by atoms with Gasteiger partial charge in [0.2, 0.25) is 0 Å². The minimum atomic E-state index is -0.437. The first kappa shape index (κ1) is 14.8. The Kier molecular flexibility index (Phi) is 5.14. The number of nitro benzene ring substituents is 1. The number of hydrogen-bond donors (Lipinski definition) is 1. The molecule has 0 radical (unpaired) electrons. The number of rotatable bonds is 8. The quantitative estimate of drug-likeness (QED) is 0.459. The first-order valence-electron chi connectivity index (χ1n) is 6.81. The number of aromatic nitrogens is 2. The van der Waals surface area contributed by atoms with Gasteiger partial charge in [0, 0.05) is 43.3 Å². The molecule has 7 heteroatoms. The molecule has 0 aliphatic heterocycles. The first-order valence-corrected chi connectivity index (χ1v) is 6.81. The summed E-state index contributed by atoms with van der Waals surface area (Å²) in [6, 6.07) is 4.82. The maximum atomic E-state index is 10.9. The van der Waals surface area contributed by atoms with Crippen molar-refractivity contribution in [1.29, 1.82) is 0 Å². The fourth-order valence-electron chi connectivity index (χ4n) is 1.96. The molecule has 1 heterocycles. The van der Waals surface area contributed by atoms with Gasteiger partial charge in [0.1, 0.15) is 0 Å². The molecular weight excluding hydrogens is 272 g/mol. The van der Waals surface area contributed by atoms with Crippen LogP contribution in [0.15, 0.2) is 36.9 Å². The van der Waals surface area contributed by atoms with E-state index in [1.54, 1.807) is 31.6 Å². The number of ether oxygens (including phenoxy) is 1. The van der Waals surface area contributed by atoms with Gasteiger partial charge in [0.25, 0.3) is 0 Å². The molecule has 0 aliphatic rings. The zero-order chi connectivity index (χ0) is 15.1. The van der Waals surface area contributed by atoms with Crippen LogP contribution >= 0.6 is 0 Å². The fourth-order valence-corrected chi connectivity index (χ4v) is 1.96. The molecule has 0 amide bonds. The molecular formula is C14H18N4O3. The highest BCUT2D eigenvalue weighted by Crippen LogP contribution is 2.30. The maximum Gasteiger partial charge on any atom is 0.311 e. The summed E-state index contributed by atoms with van der Waals surface area (Å²) in [5.74, 6) is 0.294. The van der Waals surface area contributed by atoms with Gasteiger partial charge in [-0.2, -0.15) is 0 Å². The van der Waals surface area contributed by atoms with E-state index in [2.05, 4.69) is 10.3 Å². The highest BCUT2D eigenvalue weighted by Gasteiger charge is 2.14. The first-order chi connectivity index (χ1) is 10.2. The molecule has 21 heavy (non-hydrogen) atoms. The van der Waals surface area contributed by atoms with Crippen LogP contribution in [-0.2, 0) is 6.54 Å². The van der Waals surface area contributed by atoms with Crippen LogP contribution in [0.25, 0.3) is 0 Å². The maximum absolute atomic E-state index is 10.9. The Morgan fingerprint density at radius 1 is 1.48 bits per heavy atom. The second-order valence-corrected chi connectivity index (χ2v) is 4.45. The SMILES string of the molecule is CCOc1cc(NCCCn2ccnc2)ccc1[N+](=O)[O-]. The second kappa shape index (κ2) is 7.28. The van der Waals surface area contributed by atoms with Gasteiger partial charge in [-0.15, -0.1) is 0 Å². The number of nitrogens with zero attached hydrogens (tertiary/aromatic N) is 3. The van der Waals surface area contributed by atoms with E-state index >= 15 is 0 Å². The summed E-state index contributed by atoms with van der Waals surface area (Å²) in [5, 5.41) is 14.1. The molecule has 0 atom stereocenters. The second-order valence-electron chi connectivity index (χ2n) is 4.45. The molecule has 0 saturated heterocycles. The lowest BCUT2D eigenvalue weighted by Gasteiger charge is -2.09. The van der Waals surface area contributed by atoms with Gasteiger partial charge in [-0.05, 0) is 19.4 Å². The van der Waals surface area contributed by atoms with E-state index in [0.717, 1.165) is 25.2 Å². The summed E-state index contributed by atoms with van der Waals surface area (Å²) in [4.78, 5) is 14.4. The smallest absolute Gasteiger partial charge is 0.311 e. The lowest BCUT2D eigenvalue weighted by molar-refractivity contribution is -0.385. The van der Waals surface area contributed by atoms with Gasteiger partial charge >= 0.3 is 5.69 Å². The Bertz CT molecular complexity index is 584. The summed E-state index contributed by atoms with van der Waals surface area (Å²) in [6.07, 6.45) is 6.37. The van der Waals surface area contributed by atoms with E-state index in [0.29, 0.717) is 12.4 Å². The summed E-state index contributed by atoms with van der Waals surface area (Å²) < 4.78 is 7.31. The van der Waals surface area contributed by atoms with E-state index < -0.39 is 4.92 Å². The van der Waals surface area contributed by atoms with Crippen molar-refractivity contribution in [2.24, 2.45) is 0 Å². The average Bonchev–Trinajstić information content (AvgIpc) is 2.97. The van der Waals surface area contributed by atoms with E-state index in [-0.39, 0.29) is 5.69 Å². The van der Waals surface area contributed by atoms with Crippen molar-refractivity contribution < 1.29 is 9.66 Å².